The number of para-hydroxylation sites is 1. The highest BCUT2D eigenvalue weighted by atomic mass is 35.5. The second-order valence-corrected chi connectivity index (χ2v) is 8.79. The van der Waals surface area contributed by atoms with Crippen LogP contribution in [0.15, 0.2) is 71.9 Å². The molecule has 0 radical (unpaired) electrons. The fourth-order valence-corrected chi connectivity index (χ4v) is 4.40. The highest BCUT2D eigenvalue weighted by Crippen LogP contribution is 2.41. The van der Waals surface area contributed by atoms with Crippen LogP contribution >= 0.6 is 35.0 Å². The average Bonchev–Trinajstić information content (AvgIpc) is 2.97. The molecule has 4 aromatic rings. The van der Waals surface area contributed by atoms with Gasteiger partial charge in [-0.2, -0.15) is 4.98 Å². The molecule has 5 rings (SSSR count). The van der Waals surface area contributed by atoms with Gasteiger partial charge in [0.05, 0.1) is 5.02 Å². The first-order valence-electron chi connectivity index (χ1n) is 9.70. The molecule has 1 aliphatic heterocycles. The molecule has 160 valence electrons. The molecule has 0 saturated carbocycles. The number of anilines is 1. The van der Waals surface area contributed by atoms with Gasteiger partial charge in [-0.1, -0.05) is 77.4 Å². The Labute approximate surface area is 198 Å². The Bertz CT molecular complexity index is 1290. The van der Waals surface area contributed by atoms with Gasteiger partial charge >= 0.3 is 0 Å². The van der Waals surface area contributed by atoms with Gasteiger partial charge in [0.25, 0.3) is 0 Å². The number of aromatic hydroxyl groups is 1. The number of fused-ring (bicyclic) bond motifs is 3. The first-order valence-corrected chi connectivity index (χ1v) is 11.4. The van der Waals surface area contributed by atoms with Crippen LogP contribution < -0.4 is 10.1 Å². The maximum Gasteiger partial charge on any atom is 0.247 e. The van der Waals surface area contributed by atoms with Crippen LogP contribution in [0.25, 0.3) is 11.3 Å². The number of hydrogen-bond acceptors (Lipinski definition) is 7. The number of phenols is 1. The molecular formula is C23H16Cl2N4O2S. The summed E-state index contributed by atoms with van der Waals surface area (Å²) in [5, 5.41) is 23.5. The Morgan fingerprint density at radius 3 is 2.62 bits per heavy atom. The van der Waals surface area contributed by atoms with E-state index in [1.165, 1.54) is 17.8 Å². The number of rotatable bonds is 4. The Morgan fingerprint density at radius 1 is 0.969 bits per heavy atom. The zero-order valence-corrected chi connectivity index (χ0v) is 18.8. The molecular weight excluding hydrogens is 467 g/mol. The monoisotopic (exact) mass is 482 g/mol. The van der Waals surface area contributed by atoms with Gasteiger partial charge in [-0.25, -0.2) is 0 Å². The molecule has 2 N–H and O–H groups in total. The van der Waals surface area contributed by atoms with E-state index in [1.807, 2.05) is 48.5 Å². The molecule has 32 heavy (non-hydrogen) atoms. The summed E-state index contributed by atoms with van der Waals surface area (Å²) in [6, 6.07) is 20.3. The number of hydrogen-bond donors (Lipinski definition) is 2. The number of ether oxygens (including phenoxy) is 1. The van der Waals surface area contributed by atoms with E-state index in [2.05, 4.69) is 20.5 Å². The number of halogens is 2. The van der Waals surface area contributed by atoms with Gasteiger partial charge < -0.3 is 15.2 Å². The van der Waals surface area contributed by atoms with Crippen LogP contribution in [0, 0.1) is 0 Å². The number of nitrogens with zero attached hydrogens (tertiary/aromatic N) is 3. The summed E-state index contributed by atoms with van der Waals surface area (Å²) in [4.78, 5) is 4.63. The summed E-state index contributed by atoms with van der Waals surface area (Å²) in [5.74, 6) is 0.974. The van der Waals surface area contributed by atoms with Crippen molar-refractivity contribution in [2.45, 2.75) is 17.1 Å². The van der Waals surface area contributed by atoms with Crippen molar-refractivity contribution in [3.8, 4) is 22.9 Å². The van der Waals surface area contributed by atoms with Gasteiger partial charge in [-0.15, -0.1) is 10.2 Å². The zero-order valence-electron chi connectivity index (χ0n) is 16.5. The Kier molecular flexibility index (Phi) is 5.78. The van der Waals surface area contributed by atoms with E-state index in [9.17, 15) is 5.11 Å². The van der Waals surface area contributed by atoms with Crippen LogP contribution in [0.3, 0.4) is 0 Å². The first-order chi connectivity index (χ1) is 15.6. The highest BCUT2D eigenvalue weighted by Gasteiger charge is 2.27. The molecule has 1 aliphatic rings. The van der Waals surface area contributed by atoms with E-state index in [4.69, 9.17) is 27.9 Å². The molecule has 0 unspecified atom stereocenters. The topological polar surface area (TPSA) is 80.2 Å². The van der Waals surface area contributed by atoms with Crippen molar-refractivity contribution in [1.29, 1.82) is 0 Å². The Hall–Kier alpha value is -3.00. The Balaban J connectivity index is 1.50. The molecule has 0 spiro atoms. The highest BCUT2D eigenvalue weighted by molar-refractivity contribution is 7.98. The molecule has 1 aromatic heterocycles. The molecule has 9 heteroatoms. The summed E-state index contributed by atoms with van der Waals surface area (Å²) in [6.45, 7) is 0. The number of phenolic OH excluding ortho intramolecular Hbond substituents is 1. The van der Waals surface area contributed by atoms with E-state index in [1.54, 1.807) is 12.1 Å². The normalized spacial score (nSPS) is 14.5. The van der Waals surface area contributed by atoms with Crippen LogP contribution in [-0.2, 0) is 5.75 Å². The van der Waals surface area contributed by atoms with Crippen molar-refractivity contribution in [1.82, 2.24) is 15.2 Å². The second kappa shape index (κ2) is 8.86. The van der Waals surface area contributed by atoms with Crippen LogP contribution in [-0.4, -0.2) is 20.3 Å². The molecule has 1 atom stereocenters. The molecule has 0 amide bonds. The lowest BCUT2D eigenvalue weighted by Gasteiger charge is -2.20. The van der Waals surface area contributed by atoms with Gasteiger partial charge in [-0.05, 0) is 29.8 Å². The number of aromatic nitrogens is 3. The third-order valence-electron chi connectivity index (χ3n) is 4.91. The van der Waals surface area contributed by atoms with Crippen molar-refractivity contribution >= 4 is 40.7 Å². The summed E-state index contributed by atoms with van der Waals surface area (Å²) < 4.78 is 6.22. The molecule has 2 heterocycles. The summed E-state index contributed by atoms with van der Waals surface area (Å²) in [5.41, 5.74) is 3.82. The van der Waals surface area contributed by atoms with Gasteiger partial charge in [0.1, 0.15) is 5.75 Å². The minimum absolute atomic E-state index is 0.0210. The van der Waals surface area contributed by atoms with Crippen LogP contribution in [0.1, 0.15) is 17.4 Å². The molecule has 3 aromatic carbocycles. The summed E-state index contributed by atoms with van der Waals surface area (Å²) >= 11 is 13.8. The van der Waals surface area contributed by atoms with E-state index >= 15 is 0 Å². The zero-order chi connectivity index (χ0) is 22.1. The van der Waals surface area contributed by atoms with E-state index < -0.39 is 6.23 Å². The summed E-state index contributed by atoms with van der Waals surface area (Å²) in [7, 11) is 0. The standard InChI is InChI=1S/C23H16Cl2N4O2S/c24-14-10-8-13(9-11-14)12-32-23-27-22-20(28-29-23)15-4-1-2-6-17(15)26-21(31-22)16-5-3-7-18(30)19(16)25/h1-11,21,26,30H,12H2/t21-/m1/s1. The lowest BCUT2D eigenvalue weighted by Crippen LogP contribution is -2.17. The molecule has 0 saturated heterocycles. The third kappa shape index (κ3) is 4.19. The van der Waals surface area contributed by atoms with Gasteiger partial charge in [0.15, 0.2) is 11.9 Å². The predicted octanol–water partition coefficient (Wildman–Crippen LogP) is 6.35. The number of benzene rings is 3. The van der Waals surface area contributed by atoms with E-state index in [-0.39, 0.29) is 10.8 Å². The largest absolute Gasteiger partial charge is 0.506 e. The fourth-order valence-electron chi connectivity index (χ4n) is 3.32. The van der Waals surface area contributed by atoms with Gasteiger partial charge in [0.2, 0.25) is 11.0 Å². The Morgan fingerprint density at radius 2 is 1.78 bits per heavy atom. The SMILES string of the molecule is Oc1cccc([C@@H]2Nc3ccccc3-c3nnc(SCc4ccc(Cl)cc4)nc3O2)c1Cl. The third-order valence-corrected chi connectivity index (χ3v) is 6.48. The van der Waals surface area contributed by atoms with Crippen molar-refractivity contribution in [2.75, 3.05) is 5.32 Å². The lowest BCUT2D eigenvalue weighted by atomic mass is 10.1. The quantitative estimate of drug-likeness (QED) is 0.328. The second-order valence-electron chi connectivity index (χ2n) is 7.03. The minimum Gasteiger partial charge on any atom is -0.506 e. The van der Waals surface area contributed by atoms with Crippen molar-refractivity contribution in [2.24, 2.45) is 0 Å². The molecule has 6 nitrogen and oxygen atoms in total. The first kappa shape index (κ1) is 20.9. The maximum absolute atomic E-state index is 10.1. The van der Waals surface area contributed by atoms with Gasteiger partial charge in [-0.3, -0.25) is 0 Å². The minimum atomic E-state index is -0.678. The summed E-state index contributed by atoms with van der Waals surface area (Å²) in [6.07, 6.45) is -0.678. The van der Waals surface area contributed by atoms with Gasteiger partial charge in [0, 0.05) is 27.6 Å². The fraction of sp³-hybridized carbons (Fsp3) is 0.0870. The van der Waals surface area contributed by atoms with Crippen LogP contribution in [0.4, 0.5) is 5.69 Å². The smallest absolute Gasteiger partial charge is 0.247 e. The van der Waals surface area contributed by atoms with Crippen molar-refractivity contribution in [3.05, 3.63) is 87.9 Å². The van der Waals surface area contributed by atoms with Crippen molar-refractivity contribution < 1.29 is 9.84 Å². The predicted molar refractivity (Wildman–Crippen MR) is 126 cm³/mol. The molecule has 0 bridgehead atoms. The molecule has 0 fully saturated rings. The lowest BCUT2D eigenvalue weighted by molar-refractivity contribution is 0.225. The number of nitrogens with one attached hydrogen (secondary N) is 1. The van der Waals surface area contributed by atoms with Crippen LogP contribution in [0.2, 0.25) is 10.0 Å². The van der Waals surface area contributed by atoms with Crippen molar-refractivity contribution in [3.63, 3.8) is 0 Å². The maximum atomic E-state index is 10.1. The molecule has 0 aliphatic carbocycles. The van der Waals surface area contributed by atoms with Crippen LogP contribution in [0.5, 0.6) is 11.6 Å². The average molecular weight is 483 g/mol. The number of thioether (sulfide) groups is 1. The van der Waals surface area contributed by atoms with E-state index in [0.717, 1.165) is 16.8 Å². The van der Waals surface area contributed by atoms with E-state index in [0.29, 0.717) is 33.1 Å².